The third-order valence-corrected chi connectivity index (χ3v) is 2.12. The van der Waals surface area contributed by atoms with Gasteiger partial charge in [0.1, 0.15) is 11.3 Å². The summed E-state index contributed by atoms with van der Waals surface area (Å²) >= 11 is 0. The SMILES string of the molecule is C#Cc1c(C(F)(F)F)c(C(F)(F)C(F)(F)F)nn1C. The van der Waals surface area contributed by atoms with Gasteiger partial charge in [-0.05, 0) is 5.92 Å². The van der Waals surface area contributed by atoms with Gasteiger partial charge < -0.3 is 0 Å². The molecule has 0 aliphatic rings. The Morgan fingerprint density at radius 3 is 1.84 bits per heavy atom. The molecule has 2 nitrogen and oxygen atoms in total. The van der Waals surface area contributed by atoms with E-state index in [0.29, 0.717) is 0 Å². The molecule has 0 amide bonds. The van der Waals surface area contributed by atoms with Crippen LogP contribution in [-0.4, -0.2) is 16.0 Å². The molecule has 106 valence electrons. The first-order chi connectivity index (χ1) is 8.34. The van der Waals surface area contributed by atoms with Gasteiger partial charge >= 0.3 is 18.3 Å². The number of alkyl halides is 8. The van der Waals surface area contributed by atoms with Crippen molar-refractivity contribution in [1.29, 1.82) is 0 Å². The predicted molar refractivity (Wildman–Crippen MR) is 46.1 cm³/mol. The summed E-state index contributed by atoms with van der Waals surface area (Å²) in [6.45, 7) is 0. The summed E-state index contributed by atoms with van der Waals surface area (Å²) in [4.78, 5) is 0. The van der Waals surface area contributed by atoms with Crippen molar-refractivity contribution in [1.82, 2.24) is 9.78 Å². The lowest BCUT2D eigenvalue weighted by molar-refractivity contribution is -0.292. The fourth-order valence-corrected chi connectivity index (χ4v) is 1.31. The number of hydrogen-bond donors (Lipinski definition) is 0. The molecule has 1 aromatic rings. The molecule has 0 atom stereocenters. The smallest absolute Gasteiger partial charge is 0.259 e. The lowest BCUT2D eigenvalue weighted by atomic mass is 10.1. The third kappa shape index (κ3) is 2.36. The molecule has 10 heteroatoms. The standard InChI is InChI=1S/C9H4F8N2/c1-3-4-5(8(12,13)14)6(18-19(4)2)7(10,11)9(15,16)17/h1H,2H3. The minimum atomic E-state index is -6.22. The molecule has 1 aromatic heterocycles. The van der Waals surface area contributed by atoms with Crippen molar-refractivity contribution in [3.63, 3.8) is 0 Å². The number of terminal acetylenes is 1. The Labute approximate surface area is 101 Å². The predicted octanol–water partition coefficient (Wildman–Crippen LogP) is 3.07. The molecule has 0 radical (unpaired) electrons. The topological polar surface area (TPSA) is 17.8 Å². The van der Waals surface area contributed by atoms with Gasteiger partial charge in [-0.1, -0.05) is 0 Å². The van der Waals surface area contributed by atoms with Gasteiger partial charge in [0.05, 0.1) is 0 Å². The third-order valence-electron chi connectivity index (χ3n) is 2.12. The van der Waals surface area contributed by atoms with E-state index < -0.39 is 35.2 Å². The molecule has 0 bridgehead atoms. The van der Waals surface area contributed by atoms with Crippen LogP contribution < -0.4 is 0 Å². The Morgan fingerprint density at radius 2 is 1.53 bits per heavy atom. The second-order valence-electron chi connectivity index (χ2n) is 3.41. The van der Waals surface area contributed by atoms with Crippen LogP contribution in [0.3, 0.4) is 0 Å². The maximum Gasteiger partial charge on any atom is 0.459 e. The zero-order valence-electron chi connectivity index (χ0n) is 9.00. The number of aryl methyl sites for hydroxylation is 1. The molecule has 19 heavy (non-hydrogen) atoms. The highest BCUT2D eigenvalue weighted by Crippen LogP contribution is 2.48. The lowest BCUT2D eigenvalue weighted by Gasteiger charge is -2.19. The molecular formula is C9H4F8N2. The van der Waals surface area contributed by atoms with Gasteiger partial charge in [0.15, 0.2) is 5.69 Å². The first-order valence-corrected chi connectivity index (χ1v) is 4.39. The summed E-state index contributed by atoms with van der Waals surface area (Å²) in [5, 5.41) is 2.57. The Balaban J connectivity index is 3.69. The maximum atomic E-state index is 13.0. The minimum Gasteiger partial charge on any atom is -0.259 e. The summed E-state index contributed by atoms with van der Waals surface area (Å²) in [6, 6.07) is 0. The van der Waals surface area contributed by atoms with E-state index in [4.69, 9.17) is 0 Å². The van der Waals surface area contributed by atoms with E-state index in [-0.39, 0.29) is 4.68 Å². The lowest BCUT2D eigenvalue weighted by Crippen LogP contribution is -2.36. The minimum absolute atomic E-state index is 0.151. The highest BCUT2D eigenvalue weighted by molar-refractivity contribution is 5.42. The van der Waals surface area contributed by atoms with Crippen molar-refractivity contribution < 1.29 is 35.1 Å². The van der Waals surface area contributed by atoms with Crippen LogP contribution in [-0.2, 0) is 19.1 Å². The molecule has 1 rings (SSSR count). The van der Waals surface area contributed by atoms with E-state index in [9.17, 15) is 35.1 Å². The first-order valence-electron chi connectivity index (χ1n) is 4.39. The van der Waals surface area contributed by atoms with Crippen LogP contribution in [0.15, 0.2) is 0 Å². The van der Waals surface area contributed by atoms with Crippen molar-refractivity contribution in [3.8, 4) is 12.3 Å². The molecule has 0 aliphatic heterocycles. The van der Waals surface area contributed by atoms with Crippen LogP contribution in [0.1, 0.15) is 17.0 Å². The van der Waals surface area contributed by atoms with Crippen LogP contribution in [0.4, 0.5) is 35.1 Å². The van der Waals surface area contributed by atoms with Crippen LogP contribution in [0, 0.1) is 12.3 Å². The Bertz CT molecular complexity index is 528. The second kappa shape index (κ2) is 4.11. The van der Waals surface area contributed by atoms with Gasteiger partial charge in [0.25, 0.3) is 0 Å². The monoisotopic (exact) mass is 292 g/mol. The van der Waals surface area contributed by atoms with Crippen molar-refractivity contribution in [2.45, 2.75) is 18.3 Å². The zero-order valence-corrected chi connectivity index (χ0v) is 9.00. The summed E-state index contributed by atoms with van der Waals surface area (Å²) in [6.07, 6.45) is -7.02. The molecule has 0 fully saturated rings. The highest BCUT2D eigenvalue weighted by Gasteiger charge is 2.63. The normalized spacial score (nSPS) is 13.5. The quantitative estimate of drug-likeness (QED) is 0.574. The first kappa shape index (κ1) is 15.3. The molecule has 0 unspecified atom stereocenters. The summed E-state index contributed by atoms with van der Waals surface area (Å²) in [7, 11) is 0.736. The number of aromatic nitrogens is 2. The Kier molecular flexibility index (Phi) is 3.30. The molecular weight excluding hydrogens is 288 g/mol. The van der Waals surface area contributed by atoms with Gasteiger partial charge in [-0.3, -0.25) is 4.68 Å². The van der Waals surface area contributed by atoms with Gasteiger partial charge in [-0.15, -0.1) is 6.42 Å². The molecule has 0 aliphatic carbocycles. The van der Waals surface area contributed by atoms with Gasteiger partial charge in [0, 0.05) is 7.05 Å². The number of halogens is 8. The van der Waals surface area contributed by atoms with E-state index in [1.807, 2.05) is 0 Å². The zero-order chi connectivity index (χ0) is 15.2. The van der Waals surface area contributed by atoms with Crippen molar-refractivity contribution in [3.05, 3.63) is 17.0 Å². The fraction of sp³-hybridized carbons (Fsp3) is 0.444. The molecule has 0 aromatic carbocycles. The van der Waals surface area contributed by atoms with E-state index >= 15 is 0 Å². The van der Waals surface area contributed by atoms with Crippen LogP contribution in [0.2, 0.25) is 0 Å². The van der Waals surface area contributed by atoms with Crippen LogP contribution >= 0.6 is 0 Å². The summed E-state index contributed by atoms with van der Waals surface area (Å²) in [5.74, 6) is -4.37. The number of nitrogens with zero attached hydrogens (tertiary/aromatic N) is 2. The number of rotatable bonds is 1. The molecule has 0 spiro atoms. The summed E-state index contributed by atoms with van der Waals surface area (Å²) < 4.78 is 100. The Hall–Kier alpha value is -1.79. The molecule has 0 saturated heterocycles. The van der Waals surface area contributed by atoms with E-state index in [1.54, 1.807) is 0 Å². The van der Waals surface area contributed by atoms with E-state index in [2.05, 4.69) is 11.5 Å². The molecule has 0 N–H and O–H groups in total. The van der Waals surface area contributed by atoms with E-state index in [1.165, 1.54) is 5.92 Å². The average molecular weight is 292 g/mol. The van der Waals surface area contributed by atoms with Gasteiger partial charge in [-0.25, -0.2) is 0 Å². The molecule has 1 heterocycles. The van der Waals surface area contributed by atoms with Crippen LogP contribution in [0.25, 0.3) is 0 Å². The average Bonchev–Trinajstić information content (AvgIpc) is 2.53. The van der Waals surface area contributed by atoms with Crippen molar-refractivity contribution >= 4 is 0 Å². The van der Waals surface area contributed by atoms with E-state index in [0.717, 1.165) is 7.05 Å². The maximum absolute atomic E-state index is 13.0. The van der Waals surface area contributed by atoms with Gasteiger partial charge in [-0.2, -0.15) is 40.2 Å². The largest absolute Gasteiger partial charge is 0.459 e. The summed E-state index contributed by atoms with van der Waals surface area (Å²) in [5.41, 5.74) is -5.92. The van der Waals surface area contributed by atoms with Crippen molar-refractivity contribution in [2.24, 2.45) is 7.05 Å². The van der Waals surface area contributed by atoms with Gasteiger partial charge in [0.2, 0.25) is 0 Å². The fourth-order valence-electron chi connectivity index (χ4n) is 1.31. The Morgan fingerprint density at radius 1 is 1.05 bits per heavy atom. The van der Waals surface area contributed by atoms with Crippen LogP contribution in [0.5, 0.6) is 0 Å². The number of hydrogen-bond acceptors (Lipinski definition) is 1. The molecule has 0 saturated carbocycles. The highest BCUT2D eigenvalue weighted by atomic mass is 19.4. The van der Waals surface area contributed by atoms with Crippen molar-refractivity contribution in [2.75, 3.05) is 0 Å². The second-order valence-corrected chi connectivity index (χ2v) is 3.41.